The van der Waals surface area contributed by atoms with E-state index in [2.05, 4.69) is 4.72 Å². The first-order chi connectivity index (χ1) is 8.42. The van der Waals surface area contributed by atoms with Crippen LogP contribution in [0.3, 0.4) is 0 Å². The van der Waals surface area contributed by atoms with E-state index in [0.29, 0.717) is 9.77 Å². The average Bonchev–Trinajstić information content (AvgIpc) is 2.66. The molecule has 0 radical (unpaired) electrons. The fourth-order valence-electron chi connectivity index (χ4n) is 2.34. The maximum absolute atomic E-state index is 12.4. The largest absolute Gasteiger partial charge is 0.391 e. The molecule has 1 aromatic rings. The Morgan fingerprint density at radius 2 is 2.17 bits per heavy atom. The van der Waals surface area contributed by atoms with Gasteiger partial charge in [0.05, 0.1) is 11.5 Å². The Kier molecular flexibility index (Phi) is 3.82. The molecular weight excluding hydrogens is 270 g/mol. The van der Waals surface area contributed by atoms with Gasteiger partial charge in [-0.15, -0.1) is 11.3 Å². The number of hydrogen-bond donors (Lipinski definition) is 2. The van der Waals surface area contributed by atoms with Crippen LogP contribution in [-0.2, 0) is 16.6 Å². The van der Waals surface area contributed by atoms with E-state index in [1.165, 1.54) is 11.3 Å². The molecule has 0 spiro atoms. The molecule has 1 saturated carbocycles. The number of aliphatic hydroxyl groups is 1. The summed E-state index contributed by atoms with van der Waals surface area (Å²) in [5, 5.41) is 9.07. The molecular formula is C12H19NO3S2. The van der Waals surface area contributed by atoms with E-state index in [4.69, 9.17) is 5.11 Å². The van der Waals surface area contributed by atoms with Gasteiger partial charge in [-0.1, -0.05) is 6.92 Å². The Labute approximate surface area is 112 Å². The summed E-state index contributed by atoms with van der Waals surface area (Å²) in [5.74, 6) is 0. The Morgan fingerprint density at radius 1 is 1.50 bits per heavy atom. The van der Waals surface area contributed by atoms with Gasteiger partial charge in [-0.05, 0) is 38.7 Å². The Morgan fingerprint density at radius 3 is 2.56 bits per heavy atom. The molecule has 1 fully saturated rings. The third kappa shape index (κ3) is 2.47. The number of aryl methyl sites for hydroxylation is 1. The standard InChI is InChI=1S/C12H19NO3S2/c1-3-12(5-4-6-12)13-18(15,16)11-7-10(8-14)17-9(11)2/h7,13-14H,3-6,8H2,1-2H3. The number of hydrogen-bond acceptors (Lipinski definition) is 4. The van der Waals surface area contributed by atoms with Crippen molar-refractivity contribution in [1.82, 2.24) is 4.72 Å². The molecule has 1 aromatic heterocycles. The Bertz CT molecular complexity index is 524. The van der Waals surface area contributed by atoms with Gasteiger partial charge in [0.2, 0.25) is 10.0 Å². The van der Waals surface area contributed by atoms with Gasteiger partial charge in [-0.2, -0.15) is 0 Å². The normalized spacial score (nSPS) is 18.6. The molecule has 4 nitrogen and oxygen atoms in total. The number of aliphatic hydroxyl groups excluding tert-OH is 1. The summed E-state index contributed by atoms with van der Waals surface area (Å²) in [5.41, 5.74) is -0.243. The van der Waals surface area contributed by atoms with Crippen LogP contribution < -0.4 is 4.72 Å². The van der Waals surface area contributed by atoms with Crippen LogP contribution in [0.25, 0.3) is 0 Å². The molecule has 2 N–H and O–H groups in total. The third-order valence-corrected chi connectivity index (χ3v) is 6.58. The van der Waals surface area contributed by atoms with Gasteiger partial charge in [-0.3, -0.25) is 0 Å². The summed E-state index contributed by atoms with van der Waals surface area (Å²) in [7, 11) is -3.46. The van der Waals surface area contributed by atoms with Crippen molar-refractivity contribution >= 4 is 21.4 Å². The van der Waals surface area contributed by atoms with Crippen molar-refractivity contribution < 1.29 is 13.5 Å². The highest BCUT2D eigenvalue weighted by atomic mass is 32.2. The van der Waals surface area contributed by atoms with Crippen LogP contribution in [0.1, 0.15) is 42.4 Å². The number of nitrogens with one attached hydrogen (secondary N) is 1. The van der Waals surface area contributed by atoms with Gasteiger partial charge in [0.1, 0.15) is 0 Å². The zero-order valence-corrected chi connectivity index (χ0v) is 12.3. The number of sulfonamides is 1. The van der Waals surface area contributed by atoms with Gasteiger partial charge >= 0.3 is 0 Å². The summed E-state index contributed by atoms with van der Waals surface area (Å²) in [6.45, 7) is 3.68. The molecule has 0 unspecified atom stereocenters. The second-order valence-corrected chi connectivity index (χ2v) is 7.88. The first-order valence-electron chi connectivity index (χ1n) is 6.16. The highest BCUT2D eigenvalue weighted by Gasteiger charge is 2.39. The zero-order chi connectivity index (χ0) is 13.4. The van der Waals surface area contributed by atoms with Crippen LogP contribution in [0.5, 0.6) is 0 Å². The lowest BCUT2D eigenvalue weighted by Crippen LogP contribution is -2.52. The van der Waals surface area contributed by atoms with Crippen molar-refractivity contribution in [3.05, 3.63) is 15.8 Å². The lowest BCUT2D eigenvalue weighted by molar-refractivity contribution is 0.214. The first-order valence-corrected chi connectivity index (χ1v) is 8.46. The van der Waals surface area contributed by atoms with E-state index < -0.39 is 10.0 Å². The summed E-state index contributed by atoms with van der Waals surface area (Å²) >= 11 is 1.33. The maximum Gasteiger partial charge on any atom is 0.242 e. The molecule has 0 amide bonds. The maximum atomic E-state index is 12.4. The van der Waals surface area contributed by atoms with Crippen LogP contribution >= 0.6 is 11.3 Å². The molecule has 0 aliphatic heterocycles. The topological polar surface area (TPSA) is 66.4 Å². The van der Waals surface area contributed by atoms with Gasteiger partial charge in [-0.25, -0.2) is 13.1 Å². The highest BCUT2D eigenvalue weighted by molar-refractivity contribution is 7.89. The van der Waals surface area contributed by atoms with Crippen LogP contribution in [-0.4, -0.2) is 19.1 Å². The quantitative estimate of drug-likeness (QED) is 0.873. The molecule has 18 heavy (non-hydrogen) atoms. The molecule has 1 aliphatic rings. The molecule has 0 saturated heterocycles. The second-order valence-electron chi connectivity index (χ2n) is 4.88. The van der Waals surface area contributed by atoms with E-state index in [1.807, 2.05) is 6.92 Å². The van der Waals surface area contributed by atoms with Crippen molar-refractivity contribution in [2.24, 2.45) is 0 Å². The van der Waals surface area contributed by atoms with Crippen molar-refractivity contribution in [3.8, 4) is 0 Å². The third-order valence-electron chi connectivity index (χ3n) is 3.71. The SMILES string of the molecule is CCC1(NS(=O)(=O)c2cc(CO)sc2C)CCC1. The molecule has 0 bridgehead atoms. The minimum Gasteiger partial charge on any atom is -0.391 e. The monoisotopic (exact) mass is 289 g/mol. The van der Waals surface area contributed by atoms with Crippen LogP contribution in [0.2, 0.25) is 0 Å². The van der Waals surface area contributed by atoms with E-state index >= 15 is 0 Å². The molecule has 0 atom stereocenters. The van der Waals surface area contributed by atoms with E-state index in [9.17, 15) is 8.42 Å². The minimum atomic E-state index is -3.46. The minimum absolute atomic E-state index is 0.111. The van der Waals surface area contributed by atoms with Crippen molar-refractivity contribution in [1.29, 1.82) is 0 Å². The van der Waals surface area contributed by atoms with Gasteiger partial charge < -0.3 is 5.11 Å². The molecule has 2 rings (SSSR count). The molecule has 102 valence electrons. The van der Waals surface area contributed by atoms with Gasteiger partial charge in [0, 0.05) is 15.3 Å². The second kappa shape index (κ2) is 4.92. The lowest BCUT2D eigenvalue weighted by Gasteiger charge is -2.41. The predicted molar refractivity (Wildman–Crippen MR) is 72.2 cm³/mol. The lowest BCUT2D eigenvalue weighted by atomic mass is 9.76. The summed E-state index contributed by atoms with van der Waals surface area (Å²) < 4.78 is 27.6. The number of rotatable bonds is 5. The predicted octanol–water partition coefficient (Wildman–Crippen LogP) is 2.16. The van der Waals surface area contributed by atoms with Gasteiger partial charge in [0.25, 0.3) is 0 Å². The Balaban J connectivity index is 2.27. The smallest absolute Gasteiger partial charge is 0.242 e. The average molecular weight is 289 g/mol. The van der Waals surface area contributed by atoms with E-state index in [1.54, 1.807) is 13.0 Å². The Hall–Kier alpha value is -0.430. The summed E-state index contributed by atoms with van der Waals surface area (Å²) in [6.07, 6.45) is 3.74. The van der Waals surface area contributed by atoms with Crippen LogP contribution in [0.15, 0.2) is 11.0 Å². The van der Waals surface area contributed by atoms with Crippen LogP contribution in [0, 0.1) is 6.92 Å². The van der Waals surface area contributed by atoms with E-state index in [0.717, 1.165) is 30.6 Å². The first kappa shape index (κ1) is 14.0. The molecule has 6 heteroatoms. The fraction of sp³-hybridized carbons (Fsp3) is 0.667. The number of thiophene rings is 1. The summed E-state index contributed by atoms with van der Waals surface area (Å²) in [6, 6.07) is 1.57. The summed E-state index contributed by atoms with van der Waals surface area (Å²) in [4.78, 5) is 1.74. The molecule has 0 aromatic carbocycles. The van der Waals surface area contributed by atoms with Crippen LogP contribution in [0.4, 0.5) is 0 Å². The van der Waals surface area contributed by atoms with Crippen molar-refractivity contribution in [2.45, 2.75) is 56.6 Å². The molecule has 1 aliphatic carbocycles. The zero-order valence-electron chi connectivity index (χ0n) is 10.7. The molecule has 1 heterocycles. The van der Waals surface area contributed by atoms with Crippen molar-refractivity contribution in [2.75, 3.05) is 0 Å². The van der Waals surface area contributed by atoms with Crippen molar-refractivity contribution in [3.63, 3.8) is 0 Å². The highest BCUT2D eigenvalue weighted by Crippen LogP contribution is 2.37. The van der Waals surface area contributed by atoms with E-state index in [-0.39, 0.29) is 12.1 Å². The fourth-order valence-corrected chi connectivity index (χ4v) is 5.37. The van der Waals surface area contributed by atoms with Gasteiger partial charge in [0.15, 0.2) is 0 Å².